The van der Waals surface area contributed by atoms with Gasteiger partial charge in [-0.1, -0.05) is 289 Å². The van der Waals surface area contributed by atoms with Crippen LogP contribution < -0.4 is 0 Å². The molecule has 0 spiro atoms. The van der Waals surface area contributed by atoms with Gasteiger partial charge in [0, 0.05) is 12.8 Å². The van der Waals surface area contributed by atoms with E-state index in [0.29, 0.717) is 17.4 Å². The molecule has 0 aromatic rings. The summed E-state index contributed by atoms with van der Waals surface area (Å²) in [6.45, 7) is 4.95. The number of aliphatic carboxylic acids is 1. The van der Waals surface area contributed by atoms with E-state index in [9.17, 15) is 19.5 Å². The highest BCUT2D eigenvalue weighted by atomic mass is 16.7. The first-order chi connectivity index (χ1) is 36.1. The van der Waals surface area contributed by atoms with Gasteiger partial charge >= 0.3 is 17.9 Å². The van der Waals surface area contributed by atoms with Crippen LogP contribution in [0.2, 0.25) is 0 Å². The molecule has 0 bridgehead atoms. The Kier molecular flexibility index (Phi) is 55.7. The molecule has 0 amide bonds. The fraction of sp³-hybridized carbons (Fsp3) is 0.923. The number of carboxylic acid groups (broad SMARTS) is 1. The molecule has 0 aliphatic heterocycles. The van der Waals surface area contributed by atoms with Crippen LogP contribution in [0.3, 0.4) is 0 Å². The predicted octanol–water partition coefficient (Wildman–Crippen LogP) is 19.3. The first kappa shape index (κ1) is 72.0. The first-order valence-corrected chi connectivity index (χ1v) is 32.4. The smallest absolute Gasteiger partial charge is 0.361 e. The van der Waals surface area contributed by atoms with Crippen molar-refractivity contribution in [2.75, 3.05) is 47.5 Å². The molecule has 438 valence electrons. The van der Waals surface area contributed by atoms with Crippen LogP contribution in [-0.4, -0.2) is 87.4 Å². The van der Waals surface area contributed by atoms with Crippen molar-refractivity contribution in [1.82, 2.24) is 0 Å². The van der Waals surface area contributed by atoms with Gasteiger partial charge in [0.1, 0.15) is 13.2 Å². The Hall–Kier alpha value is -1.97. The number of unbranched alkanes of at least 4 members (excludes halogenated alkanes) is 44. The largest absolute Gasteiger partial charge is 0.477 e. The first-order valence-electron chi connectivity index (χ1n) is 32.4. The van der Waals surface area contributed by atoms with Gasteiger partial charge in [0.05, 0.1) is 34.4 Å². The summed E-state index contributed by atoms with van der Waals surface area (Å²) in [5.41, 5.74) is 0. The van der Waals surface area contributed by atoms with Crippen molar-refractivity contribution in [2.24, 2.45) is 0 Å². The topological polar surface area (TPSA) is 108 Å². The quantitative estimate of drug-likeness (QED) is 0.0211. The normalized spacial score (nSPS) is 12.7. The Bertz CT molecular complexity index is 1220. The van der Waals surface area contributed by atoms with Gasteiger partial charge in [-0.15, -0.1) is 0 Å². The summed E-state index contributed by atoms with van der Waals surface area (Å²) in [6, 6.07) is 0. The highest BCUT2D eigenvalue weighted by Crippen LogP contribution is 2.18. The maximum atomic E-state index is 12.9. The zero-order valence-electron chi connectivity index (χ0n) is 50.0. The van der Waals surface area contributed by atoms with Crippen molar-refractivity contribution in [1.29, 1.82) is 0 Å². The average molecular weight is 1050 g/mol. The lowest BCUT2D eigenvalue weighted by Gasteiger charge is -2.25. The lowest BCUT2D eigenvalue weighted by atomic mass is 10.0. The fourth-order valence-electron chi connectivity index (χ4n) is 9.78. The number of carbonyl (C=O) groups excluding carboxylic acids is 2. The Balaban J connectivity index is 4.07. The molecule has 0 aromatic carbocycles. The second-order valence-electron chi connectivity index (χ2n) is 23.4. The molecule has 74 heavy (non-hydrogen) atoms. The van der Waals surface area contributed by atoms with Crippen LogP contribution in [0, 0.1) is 0 Å². The molecular formula is C65H126NO8+. The maximum Gasteiger partial charge on any atom is 0.361 e. The second-order valence-corrected chi connectivity index (χ2v) is 23.4. The van der Waals surface area contributed by atoms with E-state index in [0.717, 1.165) is 38.5 Å². The fourth-order valence-corrected chi connectivity index (χ4v) is 9.78. The summed E-state index contributed by atoms with van der Waals surface area (Å²) >= 11 is 0. The lowest BCUT2D eigenvalue weighted by Crippen LogP contribution is -2.40. The summed E-state index contributed by atoms with van der Waals surface area (Å²) in [6.07, 6.45) is 64.6. The number of allylic oxidation sites excluding steroid dienone is 2. The van der Waals surface area contributed by atoms with Crippen LogP contribution in [0.25, 0.3) is 0 Å². The summed E-state index contributed by atoms with van der Waals surface area (Å²) in [5, 5.41) is 9.72. The molecule has 0 fully saturated rings. The second kappa shape index (κ2) is 57.2. The molecule has 0 aliphatic carbocycles. The number of ether oxygens (including phenoxy) is 4. The minimum Gasteiger partial charge on any atom is -0.477 e. The summed E-state index contributed by atoms with van der Waals surface area (Å²) in [5.74, 6) is -1.97. The third-order valence-electron chi connectivity index (χ3n) is 14.8. The third kappa shape index (κ3) is 57.7. The molecule has 0 radical (unpaired) electrons. The van der Waals surface area contributed by atoms with Crippen molar-refractivity contribution in [3.63, 3.8) is 0 Å². The number of rotatable bonds is 61. The Morgan fingerprint density at radius 3 is 1.00 bits per heavy atom. The molecule has 0 saturated carbocycles. The number of likely N-dealkylation sites (N-methyl/N-ethyl adjacent to an activating group) is 1. The third-order valence-corrected chi connectivity index (χ3v) is 14.8. The van der Waals surface area contributed by atoms with Gasteiger partial charge in [-0.05, 0) is 38.5 Å². The standard InChI is InChI=1S/C65H125NO8/c1-6-8-10-12-14-16-18-20-22-24-26-27-28-29-30-31-32-33-34-35-36-37-38-40-42-44-46-48-50-52-54-56-63(68)74-61(60-73-65(64(69)70)71-58-57-66(3,4)5)59-72-62(67)55-53-51-49-47-45-43-41-39-25-23-21-19-17-15-13-11-9-7-2/h24,26,61,65H,6-23,25,27-60H2,1-5H3/p+1/b26-24-. The zero-order valence-corrected chi connectivity index (χ0v) is 50.0. The van der Waals surface area contributed by atoms with E-state index in [2.05, 4.69) is 26.0 Å². The maximum absolute atomic E-state index is 12.9. The predicted molar refractivity (Wildman–Crippen MR) is 314 cm³/mol. The lowest BCUT2D eigenvalue weighted by molar-refractivity contribution is -0.870. The van der Waals surface area contributed by atoms with Crippen LogP contribution in [-0.2, 0) is 33.3 Å². The minimum absolute atomic E-state index is 0.174. The molecule has 0 saturated heterocycles. The van der Waals surface area contributed by atoms with Crippen LogP contribution in [0.15, 0.2) is 12.2 Å². The molecule has 9 nitrogen and oxygen atoms in total. The number of esters is 2. The number of carboxylic acids is 1. The number of carbonyl (C=O) groups is 3. The van der Waals surface area contributed by atoms with Gasteiger partial charge < -0.3 is 28.5 Å². The summed E-state index contributed by atoms with van der Waals surface area (Å²) < 4.78 is 22.9. The van der Waals surface area contributed by atoms with Crippen molar-refractivity contribution in [2.45, 2.75) is 341 Å². The molecule has 2 atom stereocenters. The number of nitrogens with zero attached hydrogens (tertiary/aromatic N) is 1. The van der Waals surface area contributed by atoms with Crippen LogP contribution >= 0.6 is 0 Å². The zero-order chi connectivity index (χ0) is 54.1. The van der Waals surface area contributed by atoms with Crippen LogP contribution in [0.4, 0.5) is 0 Å². The molecule has 9 heteroatoms. The molecule has 2 unspecified atom stereocenters. The average Bonchev–Trinajstić information content (AvgIpc) is 3.37. The SMILES string of the molecule is CCCCCCCCCC/C=C\CCCCCCCCCCCCCCCCCCCCCC(=O)OC(COC(=O)CCCCCCCCCCCCCCCCCCCC)COC(OCC[N+](C)(C)C)C(=O)O. The van der Waals surface area contributed by atoms with E-state index < -0.39 is 18.4 Å². The van der Waals surface area contributed by atoms with Gasteiger partial charge in [-0.3, -0.25) is 9.59 Å². The Morgan fingerprint density at radius 1 is 0.392 bits per heavy atom. The van der Waals surface area contributed by atoms with Crippen molar-refractivity contribution >= 4 is 17.9 Å². The van der Waals surface area contributed by atoms with Gasteiger partial charge in [-0.2, -0.15) is 0 Å². The molecular weight excluding hydrogens is 923 g/mol. The minimum atomic E-state index is -1.50. The molecule has 0 rings (SSSR count). The van der Waals surface area contributed by atoms with Gasteiger partial charge in [0.25, 0.3) is 6.29 Å². The highest BCUT2D eigenvalue weighted by molar-refractivity contribution is 5.71. The highest BCUT2D eigenvalue weighted by Gasteiger charge is 2.25. The summed E-state index contributed by atoms with van der Waals surface area (Å²) in [4.78, 5) is 37.5. The van der Waals surface area contributed by atoms with Crippen molar-refractivity contribution < 1.29 is 42.9 Å². The Morgan fingerprint density at radius 2 is 0.689 bits per heavy atom. The van der Waals surface area contributed by atoms with Crippen molar-refractivity contribution in [3.05, 3.63) is 12.2 Å². The van der Waals surface area contributed by atoms with E-state index in [1.54, 1.807) is 0 Å². The molecule has 0 aromatic heterocycles. The number of hydrogen-bond donors (Lipinski definition) is 1. The van der Waals surface area contributed by atoms with Crippen molar-refractivity contribution in [3.8, 4) is 0 Å². The molecule has 0 heterocycles. The van der Waals surface area contributed by atoms with E-state index in [1.807, 2.05) is 21.1 Å². The number of hydrogen-bond acceptors (Lipinski definition) is 7. The Labute approximate surface area is 459 Å². The summed E-state index contributed by atoms with van der Waals surface area (Å²) in [7, 11) is 5.99. The van der Waals surface area contributed by atoms with Gasteiger partial charge in [0.15, 0.2) is 6.10 Å². The van der Waals surface area contributed by atoms with E-state index in [4.69, 9.17) is 18.9 Å². The van der Waals surface area contributed by atoms with E-state index in [1.165, 1.54) is 263 Å². The number of quaternary nitrogens is 1. The van der Waals surface area contributed by atoms with E-state index in [-0.39, 0.29) is 38.2 Å². The van der Waals surface area contributed by atoms with Gasteiger partial charge in [0.2, 0.25) is 0 Å². The van der Waals surface area contributed by atoms with Gasteiger partial charge in [-0.25, -0.2) is 4.79 Å². The molecule has 1 N–H and O–H groups in total. The van der Waals surface area contributed by atoms with Crippen LogP contribution in [0.1, 0.15) is 328 Å². The monoisotopic (exact) mass is 1050 g/mol. The van der Waals surface area contributed by atoms with Crippen LogP contribution in [0.5, 0.6) is 0 Å². The molecule has 0 aliphatic rings. The van der Waals surface area contributed by atoms with E-state index >= 15 is 0 Å².